The molecule has 20 heavy (non-hydrogen) atoms. The lowest BCUT2D eigenvalue weighted by molar-refractivity contribution is 0.581. The third-order valence-electron chi connectivity index (χ3n) is 2.92. The van der Waals surface area contributed by atoms with Gasteiger partial charge in [0, 0.05) is 16.8 Å². The van der Waals surface area contributed by atoms with E-state index in [2.05, 4.69) is 9.71 Å². The molecule has 2 rings (SSSR count). The summed E-state index contributed by atoms with van der Waals surface area (Å²) in [6.07, 6.45) is 2.68. The zero-order valence-electron chi connectivity index (χ0n) is 11.4. The lowest BCUT2D eigenvalue weighted by atomic mass is 10.2. The van der Waals surface area contributed by atoms with Crippen molar-refractivity contribution in [2.75, 3.05) is 5.73 Å². The molecule has 0 bridgehead atoms. The maximum atomic E-state index is 12.2. The van der Waals surface area contributed by atoms with Gasteiger partial charge in [0.05, 0.1) is 11.4 Å². The van der Waals surface area contributed by atoms with E-state index in [-0.39, 0.29) is 11.4 Å². The van der Waals surface area contributed by atoms with Crippen LogP contribution in [0.25, 0.3) is 0 Å². The third-order valence-corrected chi connectivity index (χ3v) is 5.46. The van der Waals surface area contributed by atoms with Crippen LogP contribution < -0.4 is 10.5 Å². The molecule has 1 aromatic heterocycles. The Morgan fingerprint density at radius 2 is 2.15 bits per heavy atom. The molecule has 0 saturated carbocycles. The highest BCUT2D eigenvalue weighted by atomic mass is 32.2. The molecule has 0 atom stereocenters. The average Bonchev–Trinajstić information content (AvgIpc) is 2.87. The molecule has 0 unspecified atom stereocenters. The summed E-state index contributed by atoms with van der Waals surface area (Å²) in [6.45, 7) is 4.07. The SMILES string of the molecule is CCc1cnc(CNS(=O)(=O)c2ccc(C)c(N)c2)s1. The van der Waals surface area contributed by atoms with Crippen LogP contribution in [-0.2, 0) is 23.0 Å². The number of benzene rings is 1. The summed E-state index contributed by atoms with van der Waals surface area (Å²) < 4.78 is 26.9. The smallest absolute Gasteiger partial charge is 0.241 e. The predicted octanol–water partition coefficient (Wildman–Crippen LogP) is 2.07. The van der Waals surface area contributed by atoms with Gasteiger partial charge in [-0.3, -0.25) is 0 Å². The highest BCUT2D eigenvalue weighted by Crippen LogP contribution is 2.18. The number of nitrogens with zero attached hydrogens (tertiary/aromatic N) is 1. The Bertz CT molecular complexity index is 708. The van der Waals surface area contributed by atoms with Gasteiger partial charge in [0.25, 0.3) is 0 Å². The van der Waals surface area contributed by atoms with Gasteiger partial charge in [-0.1, -0.05) is 13.0 Å². The second-order valence-corrected chi connectivity index (χ2v) is 7.38. The molecule has 0 radical (unpaired) electrons. The fraction of sp³-hybridized carbons (Fsp3) is 0.308. The lowest BCUT2D eigenvalue weighted by Crippen LogP contribution is -2.23. The molecule has 7 heteroatoms. The Hall–Kier alpha value is -1.44. The first kappa shape index (κ1) is 15.0. The Morgan fingerprint density at radius 1 is 1.40 bits per heavy atom. The number of anilines is 1. The lowest BCUT2D eigenvalue weighted by Gasteiger charge is -2.07. The van der Waals surface area contributed by atoms with Gasteiger partial charge in [-0.05, 0) is 31.0 Å². The minimum absolute atomic E-state index is 0.174. The first-order valence-corrected chi connectivity index (χ1v) is 8.51. The van der Waals surface area contributed by atoms with E-state index in [4.69, 9.17) is 5.73 Å². The molecule has 0 amide bonds. The molecule has 108 valence electrons. The quantitative estimate of drug-likeness (QED) is 0.828. The van der Waals surface area contributed by atoms with Crippen LogP contribution in [-0.4, -0.2) is 13.4 Å². The van der Waals surface area contributed by atoms with E-state index in [0.717, 1.165) is 21.9 Å². The molecule has 1 heterocycles. The standard InChI is InChI=1S/C13H17N3O2S2/c1-3-10-7-15-13(19-10)8-16-20(17,18)11-5-4-9(2)12(14)6-11/h4-7,16H,3,8,14H2,1-2H3. The molecule has 0 aliphatic rings. The molecule has 2 aromatic rings. The number of rotatable bonds is 5. The van der Waals surface area contributed by atoms with Crippen LogP contribution in [0, 0.1) is 6.92 Å². The first-order chi connectivity index (χ1) is 9.42. The van der Waals surface area contributed by atoms with Crippen molar-refractivity contribution in [2.45, 2.75) is 31.7 Å². The van der Waals surface area contributed by atoms with Gasteiger partial charge in [-0.15, -0.1) is 11.3 Å². The van der Waals surface area contributed by atoms with Crippen molar-refractivity contribution in [1.82, 2.24) is 9.71 Å². The molecule has 1 aromatic carbocycles. The van der Waals surface area contributed by atoms with Crippen molar-refractivity contribution in [3.63, 3.8) is 0 Å². The molecular formula is C13H17N3O2S2. The summed E-state index contributed by atoms with van der Waals surface area (Å²) in [4.78, 5) is 5.49. The van der Waals surface area contributed by atoms with Crippen molar-refractivity contribution in [3.05, 3.63) is 39.8 Å². The Balaban J connectivity index is 2.12. The highest BCUT2D eigenvalue weighted by molar-refractivity contribution is 7.89. The fourth-order valence-corrected chi connectivity index (χ4v) is 3.54. The van der Waals surface area contributed by atoms with Gasteiger partial charge in [-0.25, -0.2) is 18.1 Å². The number of aromatic nitrogens is 1. The number of nitrogen functional groups attached to an aromatic ring is 1. The van der Waals surface area contributed by atoms with E-state index in [1.54, 1.807) is 18.3 Å². The highest BCUT2D eigenvalue weighted by Gasteiger charge is 2.15. The second kappa shape index (κ2) is 5.90. The van der Waals surface area contributed by atoms with Crippen LogP contribution in [0.3, 0.4) is 0 Å². The van der Waals surface area contributed by atoms with Gasteiger partial charge >= 0.3 is 0 Å². The van der Waals surface area contributed by atoms with Crippen LogP contribution >= 0.6 is 11.3 Å². The Morgan fingerprint density at radius 3 is 2.75 bits per heavy atom. The molecule has 0 aliphatic heterocycles. The van der Waals surface area contributed by atoms with E-state index in [1.165, 1.54) is 17.4 Å². The first-order valence-electron chi connectivity index (χ1n) is 6.21. The van der Waals surface area contributed by atoms with Crippen LogP contribution in [0.1, 0.15) is 22.4 Å². The average molecular weight is 311 g/mol. The van der Waals surface area contributed by atoms with Crippen molar-refractivity contribution >= 4 is 27.0 Å². The van der Waals surface area contributed by atoms with Crippen molar-refractivity contribution in [2.24, 2.45) is 0 Å². The van der Waals surface area contributed by atoms with Gasteiger partial charge in [0.15, 0.2) is 0 Å². The molecule has 0 saturated heterocycles. The van der Waals surface area contributed by atoms with Crippen molar-refractivity contribution in [3.8, 4) is 0 Å². The third kappa shape index (κ3) is 3.36. The van der Waals surface area contributed by atoms with Crippen LogP contribution in [0.5, 0.6) is 0 Å². The van der Waals surface area contributed by atoms with Crippen molar-refractivity contribution < 1.29 is 8.42 Å². The summed E-state index contributed by atoms with van der Waals surface area (Å²) >= 11 is 1.51. The summed E-state index contributed by atoms with van der Waals surface area (Å²) in [7, 11) is -3.56. The Labute approximate surface area is 122 Å². The summed E-state index contributed by atoms with van der Waals surface area (Å²) in [5, 5.41) is 0.755. The van der Waals surface area contributed by atoms with E-state index in [9.17, 15) is 8.42 Å². The number of nitrogens with two attached hydrogens (primary N) is 1. The molecule has 3 N–H and O–H groups in total. The van der Waals surface area contributed by atoms with Gasteiger partial charge in [0.1, 0.15) is 5.01 Å². The summed E-state index contributed by atoms with van der Waals surface area (Å²) in [5.41, 5.74) is 7.07. The number of hydrogen-bond donors (Lipinski definition) is 2. The maximum absolute atomic E-state index is 12.2. The molecule has 0 aliphatic carbocycles. The van der Waals surface area contributed by atoms with E-state index >= 15 is 0 Å². The van der Waals surface area contributed by atoms with Crippen LogP contribution in [0.15, 0.2) is 29.3 Å². The van der Waals surface area contributed by atoms with Gasteiger partial charge in [0.2, 0.25) is 10.0 Å². The largest absolute Gasteiger partial charge is 0.398 e. The number of nitrogens with one attached hydrogen (secondary N) is 1. The van der Waals surface area contributed by atoms with Gasteiger partial charge < -0.3 is 5.73 Å². The fourth-order valence-electron chi connectivity index (χ4n) is 1.62. The molecule has 0 spiro atoms. The number of hydrogen-bond acceptors (Lipinski definition) is 5. The minimum atomic E-state index is -3.56. The van der Waals surface area contributed by atoms with Gasteiger partial charge in [-0.2, -0.15) is 0 Å². The summed E-state index contributed by atoms with van der Waals surface area (Å²) in [6, 6.07) is 4.72. The maximum Gasteiger partial charge on any atom is 0.241 e. The molecule has 5 nitrogen and oxygen atoms in total. The zero-order chi connectivity index (χ0) is 14.8. The minimum Gasteiger partial charge on any atom is -0.398 e. The normalized spacial score (nSPS) is 11.7. The topological polar surface area (TPSA) is 85.1 Å². The second-order valence-electron chi connectivity index (χ2n) is 4.42. The van der Waals surface area contributed by atoms with E-state index in [0.29, 0.717) is 5.69 Å². The van der Waals surface area contributed by atoms with E-state index < -0.39 is 10.0 Å². The monoisotopic (exact) mass is 311 g/mol. The number of sulfonamides is 1. The molecular weight excluding hydrogens is 294 g/mol. The predicted molar refractivity (Wildman–Crippen MR) is 81.1 cm³/mol. The van der Waals surface area contributed by atoms with E-state index in [1.807, 2.05) is 13.8 Å². The van der Waals surface area contributed by atoms with Crippen LogP contribution in [0.4, 0.5) is 5.69 Å². The Kier molecular flexibility index (Phi) is 4.42. The van der Waals surface area contributed by atoms with Crippen molar-refractivity contribution in [1.29, 1.82) is 0 Å². The number of aryl methyl sites for hydroxylation is 2. The molecule has 0 fully saturated rings. The number of thiazole rings is 1. The zero-order valence-corrected chi connectivity index (χ0v) is 13.0. The summed E-state index contributed by atoms with van der Waals surface area (Å²) in [5.74, 6) is 0. The van der Waals surface area contributed by atoms with Crippen LogP contribution in [0.2, 0.25) is 0 Å².